The van der Waals surface area contributed by atoms with E-state index in [1.54, 1.807) is 6.08 Å². The quantitative estimate of drug-likeness (QED) is 0.490. The van der Waals surface area contributed by atoms with Crippen LogP contribution in [0.5, 0.6) is 0 Å². The maximum atomic E-state index is 4.18. The molecule has 0 saturated carbocycles. The van der Waals surface area contributed by atoms with E-state index in [4.69, 9.17) is 0 Å². The molecule has 0 fully saturated rings. The number of hydrogen-bond acceptors (Lipinski definition) is 3. The molecule has 1 heterocycles. The van der Waals surface area contributed by atoms with Gasteiger partial charge in [-0.2, -0.15) is 0 Å². The van der Waals surface area contributed by atoms with Crippen LogP contribution >= 0.6 is 0 Å². The zero-order valence-corrected chi connectivity index (χ0v) is 12.6. The summed E-state index contributed by atoms with van der Waals surface area (Å²) in [6, 6.07) is 8.28. The molecule has 4 heteroatoms. The van der Waals surface area contributed by atoms with Gasteiger partial charge in [0.25, 0.3) is 0 Å². The second kappa shape index (κ2) is 6.70. The molecule has 106 valence electrons. The standard InChI is InChI=1S/C17H19N4/c1-5-14(17-19-11-18-12-20-17)10-16(21(3)4)15-9-7-6-8-13(15)2/h5-12H,1H2,2-4H3/q+1/b14-10+. The van der Waals surface area contributed by atoms with Gasteiger partial charge in [-0.3, -0.25) is 0 Å². The number of rotatable bonds is 4. The maximum Gasteiger partial charge on any atom is 0.207 e. The van der Waals surface area contributed by atoms with Gasteiger partial charge in [0.15, 0.2) is 5.82 Å². The van der Waals surface area contributed by atoms with Crippen LogP contribution in [0.15, 0.2) is 55.7 Å². The number of benzene rings is 1. The van der Waals surface area contributed by atoms with Gasteiger partial charge >= 0.3 is 0 Å². The Morgan fingerprint density at radius 3 is 2.38 bits per heavy atom. The van der Waals surface area contributed by atoms with E-state index in [0.717, 1.165) is 11.3 Å². The van der Waals surface area contributed by atoms with Crippen LogP contribution < -0.4 is 0 Å². The molecule has 0 bridgehead atoms. The summed E-state index contributed by atoms with van der Waals surface area (Å²) < 4.78 is 2.08. The summed E-state index contributed by atoms with van der Waals surface area (Å²) in [6.45, 7) is 5.97. The Balaban J connectivity index is 2.55. The monoisotopic (exact) mass is 279 g/mol. The molecule has 0 saturated heterocycles. The predicted molar refractivity (Wildman–Crippen MR) is 85.4 cm³/mol. The van der Waals surface area contributed by atoms with Gasteiger partial charge in [-0.05, 0) is 18.6 Å². The van der Waals surface area contributed by atoms with E-state index in [0.29, 0.717) is 5.82 Å². The molecule has 0 N–H and O–H groups in total. The Hall–Kier alpha value is -2.62. The summed E-state index contributed by atoms with van der Waals surface area (Å²) >= 11 is 0. The van der Waals surface area contributed by atoms with Crippen molar-refractivity contribution in [2.75, 3.05) is 14.1 Å². The number of nitrogens with zero attached hydrogens (tertiary/aromatic N) is 4. The van der Waals surface area contributed by atoms with Crippen molar-refractivity contribution in [3.8, 4) is 0 Å². The molecule has 0 amide bonds. The third-order valence-electron chi connectivity index (χ3n) is 3.17. The van der Waals surface area contributed by atoms with Gasteiger partial charge in [0, 0.05) is 17.2 Å². The first-order chi connectivity index (χ1) is 10.1. The van der Waals surface area contributed by atoms with Crippen LogP contribution in [0.25, 0.3) is 5.57 Å². The minimum absolute atomic E-state index is 0.618. The zero-order valence-electron chi connectivity index (χ0n) is 12.6. The van der Waals surface area contributed by atoms with Gasteiger partial charge < -0.3 is 0 Å². The van der Waals surface area contributed by atoms with Crippen molar-refractivity contribution in [1.29, 1.82) is 0 Å². The molecule has 1 aromatic heterocycles. The van der Waals surface area contributed by atoms with Gasteiger partial charge in [-0.15, -0.1) is 0 Å². The first-order valence-electron chi connectivity index (χ1n) is 6.70. The summed E-state index contributed by atoms with van der Waals surface area (Å²) in [5.41, 5.74) is 4.35. The van der Waals surface area contributed by atoms with E-state index in [-0.39, 0.29) is 0 Å². The van der Waals surface area contributed by atoms with Gasteiger partial charge in [-0.25, -0.2) is 19.5 Å². The third-order valence-corrected chi connectivity index (χ3v) is 3.17. The van der Waals surface area contributed by atoms with Crippen LogP contribution in [-0.2, 0) is 0 Å². The second-order valence-electron chi connectivity index (χ2n) is 4.86. The van der Waals surface area contributed by atoms with E-state index in [2.05, 4.69) is 45.2 Å². The molecule has 2 aromatic rings. The van der Waals surface area contributed by atoms with Crippen LogP contribution in [0, 0.1) is 6.92 Å². The number of allylic oxidation sites excluding steroid dienone is 3. The van der Waals surface area contributed by atoms with Crippen LogP contribution in [0.3, 0.4) is 0 Å². The first kappa shape index (κ1) is 14.8. The largest absolute Gasteiger partial charge is 0.235 e. The lowest BCUT2D eigenvalue weighted by atomic mass is 10.0. The summed E-state index contributed by atoms with van der Waals surface area (Å²) in [4.78, 5) is 12.2. The van der Waals surface area contributed by atoms with Gasteiger partial charge in [0.2, 0.25) is 5.71 Å². The molecule has 0 spiro atoms. The highest BCUT2D eigenvalue weighted by molar-refractivity contribution is 6.10. The first-order valence-corrected chi connectivity index (χ1v) is 6.70. The van der Waals surface area contributed by atoms with Crippen LogP contribution in [0.4, 0.5) is 0 Å². The summed E-state index contributed by atoms with van der Waals surface area (Å²) in [5.74, 6) is 0.618. The number of aromatic nitrogens is 3. The van der Waals surface area contributed by atoms with Crippen molar-refractivity contribution in [1.82, 2.24) is 15.0 Å². The summed E-state index contributed by atoms with van der Waals surface area (Å²) in [7, 11) is 4.04. The molecule has 0 atom stereocenters. The molecule has 0 radical (unpaired) electrons. The Morgan fingerprint density at radius 2 is 1.81 bits per heavy atom. The molecule has 0 unspecified atom stereocenters. The Morgan fingerprint density at radius 1 is 1.14 bits per heavy atom. The van der Waals surface area contributed by atoms with Crippen molar-refractivity contribution >= 4 is 11.3 Å². The fourth-order valence-electron chi connectivity index (χ4n) is 2.06. The highest BCUT2D eigenvalue weighted by atomic mass is 15.0. The van der Waals surface area contributed by atoms with E-state index in [1.165, 1.54) is 23.8 Å². The normalized spacial score (nSPS) is 11.1. The maximum absolute atomic E-state index is 4.18. The van der Waals surface area contributed by atoms with Crippen molar-refractivity contribution in [3.05, 3.63) is 72.6 Å². The lowest BCUT2D eigenvalue weighted by molar-refractivity contribution is -0.463. The Labute approximate surface area is 125 Å². The summed E-state index contributed by atoms with van der Waals surface area (Å²) in [6.07, 6.45) is 6.79. The average molecular weight is 279 g/mol. The topological polar surface area (TPSA) is 41.7 Å². The average Bonchev–Trinajstić information content (AvgIpc) is 2.50. The minimum Gasteiger partial charge on any atom is -0.235 e. The minimum atomic E-state index is 0.618. The van der Waals surface area contributed by atoms with E-state index in [9.17, 15) is 0 Å². The van der Waals surface area contributed by atoms with Crippen LogP contribution in [0.2, 0.25) is 0 Å². The fourth-order valence-corrected chi connectivity index (χ4v) is 2.06. The lowest BCUT2D eigenvalue weighted by Gasteiger charge is -2.06. The second-order valence-corrected chi connectivity index (χ2v) is 4.86. The molecular formula is C17H19N4+. The van der Waals surface area contributed by atoms with Crippen LogP contribution in [0.1, 0.15) is 17.0 Å². The number of aryl methyl sites for hydroxylation is 1. The third kappa shape index (κ3) is 3.48. The van der Waals surface area contributed by atoms with Gasteiger partial charge in [0.05, 0.1) is 0 Å². The fraction of sp³-hybridized carbons (Fsp3) is 0.176. The van der Waals surface area contributed by atoms with Crippen molar-refractivity contribution in [2.45, 2.75) is 6.92 Å². The highest BCUT2D eigenvalue weighted by Gasteiger charge is 2.13. The summed E-state index contributed by atoms with van der Waals surface area (Å²) in [5, 5.41) is 0. The molecule has 1 aromatic carbocycles. The molecular weight excluding hydrogens is 260 g/mol. The van der Waals surface area contributed by atoms with Crippen molar-refractivity contribution < 1.29 is 4.58 Å². The highest BCUT2D eigenvalue weighted by Crippen LogP contribution is 2.14. The molecule has 21 heavy (non-hydrogen) atoms. The Kier molecular flexibility index (Phi) is 4.72. The van der Waals surface area contributed by atoms with Crippen LogP contribution in [-0.4, -0.2) is 39.3 Å². The van der Waals surface area contributed by atoms with Gasteiger partial charge in [0.1, 0.15) is 26.7 Å². The smallest absolute Gasteiger partial charge is 0.207 e. The molecule has 0 aliphatic rings. The number of hydrogen-bond donors (Lipinski definition) is 0. The van der Waals surface area contributed by atoms with Crippen molar-refractivity contribution in [3.63, 3.8) is 0 Å². The molecule has 0 aliphatic carbocycles. The Bertz CT molecular complexity index is 696. The molecule has 0 aliphatic heterocycles. The molecule has 2 rings (SSSR count). The molecule has 4 nitrogen and oxygen atoms in total. The van der Waals surface area contributed by atoms with Gasteiger partial charge in [-0.1, -0.05) is 30.9 Å². The predicted octanol–water partition coefficient (Wildman–Crippen LogP) is 2.51. The lowest BCUT2D eigenvalue weighted by Crippen LogP contribution is -2.14. The SMILES string of the molecule is C=C/C(=C\C(c1ccccc1C)=[N+](C)C)c1ncncn1. The van der Waals surface area contributed by atoms with Crippen molar-refractivity contribution in [2.24, 2.45) is 0 Å². The van der Waals surface area contributed by atoms with E-state index >= 15 is 0 Å². The zero-order chi connectivity index (χ0) is 15.2. The van der Waals surface area contributed by atoms with E-state index < -0.39 is 0 Å². The van der Waals surface area contributed by atoms with E-state index in [1.807, 2.05) is 32.3 Å².